The average Bonchev–Trinajstić information content (AvgIpc) is 2.96. The van der Waals surface area contributed by atoms with Gasteiger partial charge in [0.2, 0.25) is 0 Å². The van der Waals surface area contributed by atoms with Gasteiger partial charge in [0, 0.05) is 23.9 Å². The number of amides is 1. The van der Waals surface area contributed by atoms with Crippen molar-refractivity contribution in [1.82, 2.24) is 14.7 Å². The second-order valence-corrected chi connectivity index (χ2v) is 5.94. The lowest BCUT2D eigenvalue weighted by atomic mass is 10.1. The smallest absolute Gasteiger partial charge is 0.273 e. The van der Waals surface area contributed by atoms with Crippen LogP contribution in [0, 0.1) is 0 Å². The van der Waals surface area contributed by atoms with Crippen LogP contribution < -0.4 is 15.8 Å². The predicted octanol–water partition coefficient (Wildman–Crippen LogP) is 3.39. The first-order chi connectivity index (χ1) is 12.1. The summed E-state index contributed by atoms with van der Waals surface area (Å²) in [6.07, 6.45) is 2.60. The summed E-state index contributed by atoms with van der Waals surface area (Å²) < 4.78 is 7.11. The van der Waals surface area contributed by atoms with Crippen LogP contribution in [0.2, 0.25) is 5.02 Å². The lowest BCUT2D eigenvalue weighted by Gasteiger charge is -2.11. The molecule has 0 unspecified atom stereocenters. The van der Waals surface area contributed by atoms with Gasteiger partial charge in [0.1, 0.15) is 17.2 Å². The van der Waals surface area contributed by atoms with E-state index in [0.717, 1.165) is 12.0 Å². The highest BCUT2D eigenvalue weighted by atomic mass is 35.5. The molecule has 0 bridgehead atoms. The zero-order chi connectivity index (χ0) is 18.0. The van der Waals surface area contributed by atoms with Gasteiger partial charge in [0.15, 0.2) is 5.69 Å². The number of benzene rings is 1. The maximum atomic E-state index is 12.3. The van der Waals surface area contributed by atoms with Crippen molar-refractivity contribution in [3.63, 3.8) is 0 Å². The van der Waals surface area contributed by atoms with Gasteiger partial charge in [-0.2, -0.15) is 0 Å². The van der Waals surface area contributed by atoms with Crippen LogP contribution in [0.25, 0.3) is 16.8 Å². The number of anilines is 1. The number of methoxy groups -OCH3 is 1. The van der Waals surface area contributed by atoms with E-state index >= 15 is 0 Å². The molecule has 130 valence electrons. The third kappa shape index (κ3) is 3.00. The standard InChI is InChI=1S/C18H19ClN4O2/c1-3-9-21-18(24)15-16(20)23-10-5-6-11(17(23)22-15)14-12(19)7-4-8-13(14)25-2/h4-8,10H,3,9,20H2,1-2H3,(H,21,24). The highest BCUT2D eigenvalue weighted by Crippen LogP contribution is 2.38. The minimum absolute atomic E-state index is 0.201. The number of nitrogen functional groups attached to an aromatic ring is 1. The van der Waals surface area contributed by atoms with Crippen LogP contribution in [-0.2, 0) is 0 Å². The van der Waals surface area contributed by atoms with Crippen LogP contribution in [0.3, 0.4) is 0 Å². The maximum absolute atomic E-state index is 12.3. The summed E-state index contributed by atoms with van der Waals surface area (Å²) in [5, 5.41) is 3.33. The van der Waals surface area contributed by atoms with Crippen molar-refractivity contribution in [1.29, 1.82) is 0 Å². The van der Waals surface area contributed by atoms with E-state index < -0.39 is 0 Å². The highest BCUT2D eigenvalue weighted by molar-refractivity contribution is 6.34. The number of aromatic nitrogens is 2. The van der Waals surface area contributed by atoms with Crippen molar-refractivity contribution >= 4 is 29.0 Å². The molecule has 0 spiro atoms. The van der Waals surface area contributed by atoms with E-state index in [1.165, 1.54) is 0 Å². The average molecular weight is 359 g/mol. The third-order valence-corrected chi connectivity index (χ3v) is 4.22. The van der Waals surface area contributed by atoms with E-state index in [4.69, 9.17) is 22.1 Å². The van der Waals surface area contributed by atoms with Gasteiger partial charge in [-0.05, 0) is 30.7 Å². The topological polar surface area (TPSA) is 81.6 Å². The Morgan fingerprint density at radius 3 is 2.88 bits per heavy atom. The van der Waals surface area contributed by atoms with Crippen molar-refractivity contribution in [2.24, 2.45) is 0 Å². The number of nitrogens with two attached hydrogens (primary N) is 1. The number of pyridine rings is 1. The summed E-state index contributed by atoms with van der Waals surface area (Å²) in [7, 11) is 1.58. The molecule has 0 atom stereocenters. The number of rotatable bonds is 5. The number of carbonyl (C=O) groups is 1. The molecule has 1 amide bonds. The van der Waals surface area contributed by atoms with Gasteiger partial charge in [-0.15, -0.1) is 0 Å². The first-order valence-electron chi connectivity index (χ1n) is 7.96. The number of nitrogens with one attached hydrogen (secondary N) is 1. The zero-order valence-corrected chi connectivity index (χ0v) is 14.8. The van der Waals surface area contributed by atoms with Gasteiger partial charge in [0.25, 0.3) is 5.91 Å². The lowest BCUT2D eigenvalue weighted by molar-refractivity contribution is 0.0950. The Hall–Kier alpha value is -2.73. The number of nitrogens with zero attached hydrogens (tertiary/aromatic N) is 2. The monoisotopic (exact) mass is 358 g/mol. The van der Waals surface area contributed by atoms with Gasteiger partial charge in [-0.1, -0.05) is 24.6 Å². The normalized spacial score (nSPS) is 10.8. The van der Waals surface area contributed by atoms with Crippen LogP contribution in [0.15, 0.2) is 36.5 Å². The molecule has 7 heteroatoms. The summed E-state index contributed by atoms with van der Waals surface area (Å²) >= 11 is 6.39. The summed E-state index contributed by atoms with van der Waals surface area (Å²) in [4.78, 5) is 16.8. The van der Waals surface area contributed by atoms with Gasteiger partial charge in [0.05, 0.1) is 12.1 Å². The number of carbonyl (C=O) groups excluding carboxylic acids is 1. The molecule has 0 aliphatic carbocycles. The number of halogens is 1. The van der Waals surface area contributed by atoms with E-state index in [-0.39, 0.29) is 17.4 Å². The Morgan fingerprint density at radius 2 is 2.16 bits per heavy atom. The van der Waals surface area contributed by atoms with Crippen LogP contribution in [0.4, 0.5) is 5.82 Å². The summed E-state index contributed by atoms with van der Waals surface area (Å²) in [5.41, 5.74) is 8.35. The molecular weight excluding hydrogens is 340 g/mol. The van der Waals surface area contributed by atoms with Gasteiger partial charge >= 0.3 is 0 Å². The zero-order valence-electron chi connectivity index (χ0n) is 14.0. The largest absolute Gasteiger partial charge is 0.496 e. The first-order valence-corrected chi connectivity index (χ1v) is 8.33. The highest BCUT2D eigenvalue weighted by Gasteiger charge is 2.21. The van der Waals surface area contributed by atoms with E-state index in [1.54, 1.807) is 23.8 Å². The van der Waals surface area contributed by atoms with Crippen molar-refractivity contribution in [2.75, 3.05) is 19.4 Å². The molecule has 0 saturated carbocycles. The molecule has 0 aliphatic heterocycles. The molecule has 0 fully saturated rings. The van der Waals surface area contributed by atoms with Crippen LogP contribution in [-0.4, -0.2) is 28.9 Å². The minimum atomic E-state index is -0.292. The van der Waals surface area contributed by atoms with Gasteiger partial charge < -0.3 is 15.8 Å². The second-order valence-electron chi connectivity index (χ2n) is 5.53. The Kier molecular flexibility index (Phi) is 4.81. The Labute approximate surface area is 150 Å². The van der Waals surface area contributed by atoms with E-state index in [2.05, 4.69) is 10.3 Å². The Balaban J connectivity index is 2.21. The van der Waals surface area contributed by atoms with Crippen molar-refractivity contribution in [3.05, 3.63) is 47.2 Å². The number of ether oxygens (including phenoxy) is 1. The maximum Gasteiger partial charge on any atom is 0.273 e. The molecule has 0 aliphatic rings. The van der Waals surface area contributed by atoms with Crippen molar-refractivity contribution in [2.45, 2.75) is 13.3 Å². The molecule has 3 rings (SSSR count). The van der Waals surface area contributed by atoms with E-state index in [9.17, 15) is 4.79 Å². The fourth-order valence-corrected chi connectivity index (χ4v) is 2.97. The molecule has 3 N–H and O–H groups in total. The summed E-state index contributed by atoms with van der Waals surface area (Å²) in [6, 6.07) is 9.13. The van der Waals surface area contributed by atoms with Crippen molar-refractivity contribution in [3.8, 4) is 16.9 Å². The fourth-order valence-electron chi connectivity index (χ4n) is 2.71. The van der Waals surface area contributed by atoms with E-state index in [1.807, 2.05) is 31.2 Å². The Bertz CT molecular complexity index is 936. The number of hydrogen-bond donors (Lipinski definition) is 2. The number of imidazole rings is 1. The van der Waals surface area contributed by atoms with Crippen LogP contribution >= 0.6 is 11.6 Å². The predicted molar refractivity (Wildman–Crippen MR) is 99.2 cm³/mol. The fraction of sp³-hybridized carbons (Fsp3) is 0.222. The number of fused-ring (bicyclic) bond motifs is 1. The molecule has 0 saturated heterocycles. The minimum Gasteiger partial charge on any atom is -0.496 e. The third-order valence-electron chi connectivity index (χ3n) is 3.90. The quantitative estimate of drug-likeness (QED) is 0.732. The molecule has 25 heavy (non-hydrogen) atoms. The van der Waals surface area contributed by atoms with E-state index in [0.29, 0.717) is 28.5 Å². The van der Waals surface area contributed by atoms with Gasteiger partial charge in [-0.3, -0.25) is 9.20 Å². The van der Waals surface area contributed by atoms with Crippen LogP contribution in [0.5, 0.6) is 5.75 Å². The summed E-state index contributed by atoms with van der Waals surface area (Å²) in [5.74, 6) is 0.621. The molecule has 1 aromatic carbocycles. The second kappa shape index (κ2) is 7.03. The molecule has 0 radical (unpaired) electrons. The first kappa shape index (κ1) is 17.1. The molecule has 2 heterocycles. The number of hydrogen-bond acceptors (Lipinski definition) is 4. The molecule has 2 aromatic heterocycles. The van der Waals surface area contributed by atoms with Gasteiger partial charge in [-0.25, -0.2) is 4.98 Å². The summed E-state index contributed by atoms with van der Waals surface area (Å²) in [6.45, 7) is 2.55. The molecule has 3 aromatic rings. The SMILES string of the molecule is CCCNC(=O)c1nc2c(-c3c(Cl)cccc3OC)cccn2c1N. The molecule has 6 nitrogen and oxygen atoms in total. The lowest BCUT2D eigenvalue weighted by Crippen LogP contribution is -2.25. The molecular formula is C18H19ClN4O2. The Morgan fingerprint density at radius 1 is 1.36 bits per heavy atom. The van der Waals surface area contributed by atoms with Crippen LogP contribution in [0.1, 0.15) is 23.8 Å². The van der Waals surface area contributed by atoms with Crippen molar-refractivity contribution < 1.29 is 9.53 Å².